The molecule has 0 amide bonds. The highest BCUT2D eigenvalue weighted by molar-refractivity contribution is 6.11. The summed E-state index contributed by atoms with van der Waals surface area (Å²) in [6.07, 6.45) is 3.39. The number of aromatic nitrogens is 6. The Morgan fingerprint density at radius 3 is 1.48 bits per heavy atom. The summed E-state index contributed by atoms with van der Waals surface area (Å²) in [6.45, 7) is 4.83. The summed E-state index contributed by atoms with van der Waals surface area (Å²) >= 11 is 0. The summed E-state index contributed by atoms with van der Waals surface area (Å²) in [5.74, 6) is 2.50. The van der Waals surface area contributed by atoms with E-state index in [0.29, 0.717) is 17.5 Å². The molecule has 4 heterocycles. The molecule has 2 atom stereocenters. The monoisotopic (exact) mass is 1090 g/mol. The fourth-order valence-corrected chi connectivity index (χ4v) is 14.5. The summed E-state index contributed by atoms with van der Waals surface area (Å²) in [6, 6.07) is 97.1. The molecule has 17 rings (SSSR count). The van der Waals surface area contributed by atoms with Crippen molar-refractivity contribution in [1.29, 1.82) is 0 Å². The molecular weight excluding hydrogens is 1030 g/mol. The lowest BCUT2D eigenvalue weighted by Gasteiger charge is -2.26. The maximum absolute atomic E-state index is 5.46. The molecule has 0 N–H and O–H groups in total. The molecule has 11 aromatic carbocycles. The second-order valence-corrected chi connectivity index (χ2v) is 23.2. The zero-order valence-corrected chi connectivity index (χ0v) is 47.1. The van der Waals surface area contributed by atoms with E-state index in [-0.39, 0.29) is 17.8 Å². The number of nitrogens with zero attached hydrogens (tertiary/aromatic N) is 6. The van der Waals surface area contributed by atoms with Gasteiger partial charge in [0, 0.05) is 66.5 Å². The standard InChI is InChI=1S/C79H56N6/c1-49-44-68-64-42-40-52(50(2)76-65-34-11-9-28-57(65)58-29-10-12-35-66(58)76)46-73(64)83(55-25-7-4-8-26-55)75(68)48-67(49)63-43-41-54(47-74(63)85-71-38-19-15-32-61(71)62-33-16-20-39-72(62)85)79-81-77(51-22-5-3-6-23-51)80-78(82-79)53-24-21-27-56(45-53)84-69-36-17-13-30-59(69)60-31-14-18-37-70(60)84/h3-43,45-50,76H,44H2,1-2H3. The van der Waals surface area contributed by atoms with Crippen molar-refractivity contribution in [1.82, 2.24) is 28.7 Å². The lowest BCUT2D eigenvalue weighted by Crippen LogP contribution is -2.12. The summed E-state index contributed by atoms with van der Waals surface area (Å²) < 4.78 is 7.36. The van der Waals surface area contributed by atoms with Gasteiger partial charge < -0.3 is 13.7 Å². The Morgan fingerprint density at radius 2 is 0.871 bits per heavy atom. The van der Waals surface area contributed by atoms with Crippen LogP contribution in [0.2, 0.25) is 0 Å². The Morgan fingerprint density at radius 1 is 0.376 bits per heavy atom. The quantitative estimate of drug-likeness (QED) is 0.145. The van der Waals surface area contributed by atoms with E-state index in [1.807, 2.05) is 18.2 Å². The van der Waals surface area contributed by atoms with Crippen molar-refractivity contribution in [2.24, 2.45) is 5.92 Å². The first-order chi connectivity index (χ1) is 42.0. The molecule has 0 saturated heterocycles. The van der Waals surface area contributed by atoms with E-state index >= 15 is 0 Å². The average Bonchev–Trinajstić information content (AvgIpc) is 4.32. The van der Waals surface area contributed by atoms with Crippen LogP contribution in [0.15, 0.2) is 267 Å². The largest absolute Gasteiger partial charge is 0.310 e. The minimum Gasteiger partial charge on any atom is -0.310 e. The van der Waals surface area contributed by atoms with Crippen molar-refractivity contribution in [3.63, 3.8) is 0 Å². The maximum Gasteiger partial charge on any atom is 0.164 e. The molecule has 0 spiro atoms. The first kappa shape index (κ1) is 49.0. The van der Waals surface area contributed by atoms with Crippen LogP contribution in [0.3, 0.4) is 0 Å². The van der Waals surface area contributed by atoms with E-state index in [2.05, 4.69) is 282 Å². The van der Waals surface area contributed by atoms with Crippen LogP contribution in [0, 0.1) is 5.92 Å². The van der Waals surface area contributed by atoms with Gasteiger partial charge in [-0.15, -0.1) is 0 Å². The number of hydrogen-bond donors (Lipinski definition) is 0. The fourth-order valence-electron chi connectivity index (χ4n) is 14.5. The smallest absolute Gasteiger partial charge is 0.164 e. The number of fused-ring (bicyclic) bond motifs is 12. The van der Waals surface area contributed by atoms with Gasteiger partial charge in [0.15, 0.2) is 17.5 Å². The van der Waals surface area contributed by atoms with Gasteiger partial charge in [-0.1, -0.05) is 220 Å². The van der Waals surface area contributed by atoms with Gasteiger partial charge in [0.2, 0.25) is 0 Å². The molecular formula is C79H56N6. The van der Waals surface area contributed by atoms with Crippen LogP contribution in [0.1, 0.15) is 59.2 Å². The maximum atomic E-state index is 5.46. The molecule has 85 heavy (non-hydrogen) atoms. The van der Waals surface area contributed by atoms with E-state index < -0.39 is 0 Å². The van der Waals surface area contributed by atoms with Crippen molar-refractivity contribution in [2.75, 3.05) is 0 Å². The topological polar surface area (TPSA) is 53.5 Å². The van der Waals surface area contributed by atoms with Crippen molar-refractivity contribution in [3.8, 4) is 62.4 Å². The average molecular weight is 1090 g/mol. The van der Waals surface area contributed by atoms with Gasteiger partial charge >= 0.3 is 0 Å². The third-order valence-corrected chi connectivity index (χ3v) is 18.4. The number of benzene rings is 11. The zero-order chi connectivity index (χ0) is 56.3. The molecule has 6 heteroatoms. The van der Waals surface area contributed by atoms with Gasteiger partial charge in [0.05, 0.1) is 39.0 Å². The molecule has 4 aromatic heterocycles. The third kappa shape index (κ3) is 7.75. The highest BCUT2D eigenvalue weighted by Crippen LogP contribution is 2.52. The van der Waals surface area contributed by atoms with Gasteiger partial charge in [-0.3, -0.25) is 0 Å². The molecule has 15 aromatic rings. The SMILES string of the molecule is CC1Cc2c(n(-c3ccccc3)c3cc(C(C)C4c5ccccc5-c5ccccc54)ccc23)C=C1c1ccc(-c2nc(-c3ccccc3)nc(-c3cccc(-n4c5ccccc5c5ccccc54)c3)n2)cc1-n1c2ccccc2c2ccccc21. The van der Waals surface area contributed by atoms with Gasteiger partial charge in [-0.05, 0) is 124 Å². The lowest BCUT2D eigenvalue weighted by atomic mass is 9.80. The second kappa shape index (κ2) is 19.5. The Bertz CT molecular complexity index is 5060. The molecule has 0 fully saturated rings. The predicted molar refractivity (Wildman–Crippen MR) is 351 cm³/mol. The fraction of sp³-hybridized carbons (Fsp3) is 0.0759. The Kier molecular flexibility index (Phi) is 11.2. The summed E-state index contributed by atoms with van der Waals surface area (Å²) in [7, 11) is 0. The molecule has 0 aliphatic heterocycles. The lowest BCUT2D eigenvalue weighted by molar-refractivity contribution is 0.671. The van der Waals surface area contributed by atoms with Crippen LogP contribution >= 0.6 is 0 Å². The number of allylic oxidation sites excluding steroid dienone is 1. The van der Waals surface area contributed by atoms with E-state index in [0.717, 1.165) is 62.2 Å². The number of hydrogen-bond acceptors (Lipinski definition) is 3. The minimum absolute atomic E-state index is 0.181. The first-order valence-electron chi connectivity index (χ1n) is 29.7. The Hall–Kier alpha value is -10.7. The molecule has 2 aliphatic carbocycles. The van der Waals surface area contributed by atoms with Crippen molar-refractivity contribution < 1.29 is 0 Å². The van der Waals surface area contributed by atoms with Gasteiger partial charge in [0.25, 0.3) is 0 Å². The predicted octanol–water partition coefficient (Wildman–Crippen LogP) is 19.7. The normalized spacial score (nSPS) is 14.3. The van der Waals surface area contributed by atoms with Gasteiger partial charge in [0.1, 0.15) is 0 Å². The van der Waals surface area contributed by atoms with E-state index in [1.165, 1.54) is 82.7 Å². The highest BCUT2D eigenvalue weighted by atomic mass is 15.0. The van der Waals surface area contributed by atoms with Crippen LogP contribution in [0.4, 0.5) is 0 Å². The van der Waals surface area contributed by atoms with Gasteiger partial charge in [-0.25, -0.2) is 15.0 Å². The molecule has 0 saturated carbocycles. The summed E-state index contributed by atoms with van der Waals surface area (Å²) in [5.41, 5.74) is 23.7. The minimum atomic E-state index is 0.181. The van der Waals surface area contributed by atoms with Crippen LogP contribution < -0.4 is 0 Å². The van der Waals surface area contributed by atoms with Crippen LogP contribution in [-0.2, 0) is 6.42 Å². The molecule has 2 unspecified atom stereocenters. The van der Waals surface area contributed by atoms with Crippen molar-refractivity contribution in [3.05, 3.63) is 300 Å². The van der Waals surface area contributed by atoms with Crippen LogP contribution in [0.25, 0.3) is 129 Å². The van der Waals surface area contributed by atoms with Crippen molar-refractivity contribution >= 4 is 66.2 Å². The molecule has 0 bridgehead atoms. The van der Waals surface area contributed by atoms with Crippen LogP contribution in [-0.4, -0.2) is 28.7 Å². The van der Waals surface area contributed by atoms with E-state index in [1.54, 1.807) is 0 Å². The number of para-hydroxylation sites is 5. The second-order valence-electron chi connectivity index (χ2n) is 23.2. The summed E-state index contributed by atoms with van der Waals surface area (Å²) in [5, 5.41) is 6.16. The zero-order valence-electron chi connectivity index (χ0n) is 47.1. The Balaban J connectivity index is 0.856. The van der Waals surface area contributed by atoms with E-state index in [4.69, 9.17) is 15.0 Å². The van der Waals surface area contributed by atoms with Crippen LogP contribution in [0.5, 0.6) is 0 Å². The molecule has 402 valence electrons. The molecule has 0 radical (unpaired) electrons. The van der Waals surface area contributed by atoms with Crippen molar-refractivity contribution in [2.45, 2.75) is 32.1 Å². The van der Waals surface area contributed by atoms with Gasteiger partial charge in [-0.2, -0.15) is 0 Å². The van der Waals surface area contributed by atoms with E-state index in [9.17, 15) is 0 Å². The molecule has 6 nitrogen and oxygen atoms in total. The number of rotatable bonds is 9. The molecule has 2 aliphatic rings. The summed E-state index contributed by atoms with van der Waals surface area (Å²) in [4.78, 5) is 16.1. The Labute approximate surface area is 492 Å². The highest BCUT2D eigenvalue weighted by Gasteiger charge is 2.34. The first-order valence-corrected chi connectivity index (χ1v) is 29.7. The third-order valence-electron chi connectivity index (χ3n) is 18.4.